The van der Waals surface area contributed by atoms with Crippen LogP contribution in [0.25, 0.3) is 0 Å². The van der Waals surface area contributed by atoms with Gasteiger partial charge in [-0.1, -0.05) is 22.6 Å². The molecule has 0 spiro atoms. The molecule has 0 aromatic rings. The molecule has 3 nitrogen and oxygen atoms in total. The van der Waals surface area contributed by atoms with Gasteiger partial charge in [-0.2, -0.15) is 0 Å². The monoisotopic (exact) mass is 241 g/mol. The van der Waals surface area contributed by atoms with E-state index in [1.54, 1.807) is 0 Å². The zero-order valence-electron chi connectivity index (χ0n) is 4.80. The molecule has 52 valence electrons. The number of rotatable bonds is 1. The summed E-state index contributed by atoms with van der Waals surface area (Å²) in [5.74, 6) is 0.0506. The van der Waals surface area contributed by atoms with Crippen molar-refractivity contribution in [2.45, 2.75) is 16.4 Å². The van der Waals surface area contributed by atoms with E-state index < -0.39 is 0 Å². The third-order valence-electron chi connectivity index (χ3n) is 1.34. The number of aliphatic hydroxyl groups is 1. The molecule has 0 aliphatic carbocycles. The Morgan fingerprint density at radius 3 is 2.78 bits per heavy atom. The Kier molecular flexibility index (Phi) is 2.29. The Hall–Kier alpha value is 0.160. The summed E-state index contributed by atoms with van der Waals surface area (Å²) in [6.45, 7) is 0.0608. The second-order valence-electron chi connectivity index (χ2n) is 2.09. The first-order valence-corrected chi connectivity index (χ1v) is 4.04. The summed E-state index contributed by atoms with van der Waals surface area (Å²) < 4.78 is 0.0553. The molecule has 0 aromatic heterocycles. The summed E-state index contributed by atoms with van der Waals surface area (Å²) >= 11 is 2.07. The van der Waals surface area contributed by atoms with Gasteiger partial charge in [0.1, 0.15) is 0 Å². The van der Waals surface area contributed by atoms with Gasteiger partial charge in [0.25, 0.3) is 0 Å². The van der Waals surface area contributed by atoms with Crippen LogP contribution >= 0.6 is 22.6 Å². The smallest absolute Gasteiger partial charge is 0.233 e. The van der Waals surface area contributed by atoms with Gasteiger partial charge in [-0.15, -0.1) is 0 Å². The van der Waals surface area contributed by atoms with E-state index in [1.165, 1.54) is 0 Å². The zero-order valence-corrected chi connectivity index (χ0v) is 6.96. The van der Waals surface area contributed by atoms with Gasteiger partial charge in [0.05, 0.1) is 16.6 Å². The van der Waals surface area contributed by atoms with E-state index in [1.807, 2.05) is 0 Å². The minimum Gasteiger partial charge on any atom is -0.394 e. The van der Waals surface area contributed by atoms with Crippen LogP contribution in [0.1, 0.15) is 6.42 Å². The van der Waals surface area contributed by atoms with Crippen LogP contribution in [0.15, 0.2) is 0 Å². The number of nitrogens with one attached hydrogen (secondary N) is 1. The fourth-order valence-corrected chi connectivity index (χ4v) is 1.62. The zero-order chi connectivity index (χ0) is 6.85. The fourth-order valence-electron chi connectivity index (χ4n) is 0.828. The van der Waals surface area contributed by atoms with Gasteiger partial charge >= 0.3 is 0 Å². The summed E-state index contributed by atoms with van der Waals surface area (Å²) in [7, 11) is 0. The van der Waals surface area contributed by atoms with E-state index in [9.17, 15) is 4.79 Å². The molecule has 2 unspecified atom stereocenters. The lowest BCUT2D eigenvalue weighted by molar-refractivity contribution is -0.118. The van der Waals surface area contributed by atoms with Crippen LogP contribution in [0.2, 0.25) is 0 Å². The van der Waals surface area contributed by atoms with Crippen LogP contribution in [0.4, 0.5) is 0 Å². The maximum Gasteiger partial charge on any atom is 0.233 e. The van der Waals surface area contributed by atoms with Crippen LogP contribution in [0.5, 0.6) is 0 Å². The third-order valence-corrected chi connectivity index (χ3v) is 2.42. The molecule has 1 rings (SSSR count). The molecule has 2 N–H and O–H groups in total. The van der Waals surface area contributed by atoms with Gasteiger partial charge < -0.3 is 10.4 Å². The number of carbonyl (C=O) groups is 1. The largest absolute Gasteiger partial charge is 0.394 e. The van der Waals surface area contributed by atoms with Crippen LogP contribution in [-0.4, -0.2) is 27.6 Å². The molecule has 1 aliphatic heterocycles. The third kappa shape index (κ3) is 1.54. The van der Waals surface area contributed by atoms with Crippen molar-refractivity contribution in [3.8, 4) is 0 Å². The van der Waals surface area contributed by atoms with Crippen molar-refractivity contribution in [3.63, 3.8) is 0 Å². The topological polar surface area (TPSA) is 49.3 Å². The molecule has 0 bridgehead atoms. The van der Waals surface area contributed by atoms with Crippen LogP contribution in [-0.2, 0) is 4.79 Å². The molecule has 2 atom stereocenters. The summed E-state index contributed by atoms with van der Waals surface area (Å²) in [5.41, 5.74) is 0. The SMILES string of the molecule is O=C1NC(CO)CC1I. The Bertz CT molecular complexity index is 128. The van der Waals surface area contributed by atoms with E-state index in [-0.39, 0.29) is 22.5 Å². The van der Waals surface area contributed by atoms with Gasteiger partial charge in [0.15, 0.2) is 0 Å². The Morgan fingerprint density at radius 2 is 2.56 bits per heavy atom. The average Bonchev–Trinajstić information content (AvgIpc) is 2.13. The maximum absolute atomic E-state index is 10.7. The van der Waals surface area contributed by atoms with Crippen LogP contribution in [0.3, 0.4) is 0 Å². The molecule has 4 heteroatoms. The van der Waals surface area contributed by atoms with Gasteiger partial charge in [0, 0.05) is 0 Å². The van der Waals surface area contributed by atoms with E-state index in [0.29, 0.717) is 0 Å². The lowest BCUT2D eigenvalue weighted by Gasteiger charge is -2.01. The standard InChI is InChI=1S/C5H8INO2/c6-4-1-3(2-8)7-5(4)9/h3-4,8H,1-2H2,(H,7,9). The average molecular weight is 241 g/mol. The highest BCUT2D eigenvalue weighted by Gasteiger charge is 2.28. The predicted octanol–water partition coefficient (Wildman–Crippen LogP) is -0.329. The van der Waals surface area contributed by atoms with Gasteiger partial charge in [0.2, 0.25) is 5.91 Å². The van der Waals surface area contributed by atoms with Gasteiger partial charge in [-0.25, -0.2) is 0 Å². The first-order chi connectivity index (χ1) is 4.24. The Morgan fingerprint density at radius 1 is 1.89 bits per heavy atom. The van der Waals surface area contributed by atoms with Crippen molar-refractivity contribution in [3.05, 3.63) is 0 Å². The summed E-state index contributed by atoms with van der Waals surface area (Å²) in [5, 5.41) is 11.2. The molecule has 1 amide bonds. The summed E-state index contributed by atoms with van der Waals surface area (Å²) in [6.07, 6.45) is 0.760. The normalized spacial score (nSPS) is 34.7. The van der Waals surface area contributed by atoms with E-state index in [0.717, 1.165) is 6.42 Å². The highest BCUT2D eigenvalue weighted by Crippen LogP contribution is 2.15. The molecule has 0 aromatic carbocycles. The van der Waals surface area contributed by atoms with Crippen molar-refractivity contribution in [1.29, 1.82) is 0 Å². The van der Waals surface area contributed by atoms with Crippen molar-refractivity contribution in [2.24, 2.45) is 0 Å². The highest BCUT2D eigenvalue weighted by atomic mass is 127. The van der Waals surface area contributed by atoms with Crippen molar-refractivity contribution in [2.75, 3.05) is 6.61 Å². The van der Waals surface area contributed by atoms with E-state index >= 15 is 0 Å². The minimum atomic E-state index is -0.000556. The van der Waals surface area contributed by atoms with Crippen LogP contribution < -0.4 is 5.32 Å². The van der Waals surface area contributed by atoms with Crippen molar-refractivity contribution >= 4 is 28.5 Å². The molecule has 0 saturated carbocycles. The molecular formula is C5H8INO2. The molecule has 1 heterocycles. The van der Waals surface area contributed by atoms with E-state index in [2.05, 4.69) is 27.9 Å². The molecule has 0 radical (unpaired) electrons. The second kappa shape index (κ2) is 2.83. The fraction of sp³-hybridized carbons (Fsp3) is 0.800. The Balaban J connectivity index is 2.44. The number of halogens is 1. The Labute approximate surface area is 67.0 Å². The first kappa shape index (κ1) is 7.27. The van der Waals surface area contributed by atoms with Crippen molar-refractivity contribution in [1.82, 2.24) is 5.32 Å². The number of hydrogen-bond acceptors (Lipinski definition) is 2. The quantitative estimate of drug-likeness (QED) is 0.488. The van der Waals surface area contributed by atoms with Gasteiger partial charge in [-0.05, 0) is 6.42 Å². The lowest BCUT2D eigenvalue weighted by atomic mass is 10.2. The number of carbonyl (C=O) groups excluding carboxylic acids is 1. The minimum absolute atomic E-state index is 0.000556. The lowest BCUT2D eigenvalue weighted by Crippen LogP contribution is -2.28. The second-order valence-corrected chi connectivity index (χ2v) is 3.59. The number of alkyl halides is 1. The van der Waals surface area contributed by atoms with Gasteiger partial charge in [-0.3, -0.25) is 4.79 Å². The molecule has 1 fully saturated rings. The van der Waals surface area contributed by atoms with E-state index in [4.69, 9.17) is 5.11 Å². The summed E-state index contributed by atoms with van der Waals surface area (Å²) in [6, 6.07) is -0.000556. The molecular weight excluding hydrogens is 233 g/mol. The number of hydrogen-bond donors (Lipinski definition) is 2. The maximum atomic E-state index is 10.7. The molecule has 1 aliphatic rings. The first-order valence-electron chi connectivity index (χ1n) is 2.79. The highest BCUT2D eigenvalue weighted by molar-refractivity contribution is 14.1. The molecule has 9 heavy (non-hydrogen) atoms. The molecule has 1 saturated heterocycles. The summed E-state index contributed by atoms with van der Waals surface area (Å²) in [4.78, 5) is 10.7. The van der Waals surface area contributed by atoms with Crippen molar-refractivity contribution < 1.29 is 9.90 Å². The number of aliphatic hydroxyl groups excluding tert-OH is 1. The number of amides is 1. The predicted molar refractivity (Wildman–Crippen MR) is 41.4 cm³/mol. The van der Waals surface area contributed by atoms with Crippen LogP contribution in [0, 0.1) is 0 Å².